The highest BCUT2D eigenvalue weighted by Crippen LogP contribution is 2.22. The summed E-state index contributed by atoms with van der Waals surface area (Å²) >= 11 is 5.66. The third-order valence-corrected chi connectivity index (χ3v) is 2.66. The molecule has 0 bridgehead atoms. The largest absolute Gasteiger partial charge is 0.316 e. The second kappa shape index (κ2) is 7.53. The molecule has 0 amide bonds. The number of alkyl halides is 1. The Morgan fingerprint density at radius 2 is 1.86 bits per heavy atom. The van der Waals surface area contributed by atoms with Crippen LogP contribution in [0.25, 0.3) is 0 Å². The van der Waals surface area contributed by atoms with Gasteiger partial charge in [-0.25, -0.2) is 0 Å². The van der Waals surface area contributed by atoms with Gasteiger partial charge in [0.1, 0.15) is 0 Å². The van der Waals surface area contributed by atoms with Crippen molar-refractivity contribution in [3.05, 3.63) is 0 Å². The zero-order chi connectivity index (χ0) is 11.0. The maximum Gasteiger partial charge on any atom is 0.0223 e. The van der Waals surface area contributed by atoms with Crippen LogP contribution >= 0.6 is 11.6 Å². The Balaban J connectivity index is 3.50. The van der Waals surface area contributed by atoms with Gasteiger partial charge in [-0.1, -0.05) is 34.1 Å². The van der Waals surface area contributed by atoms with Crippen LogP contribution < -0.4 is 5.32 Å². The molecule has 0 heterocycles. The van der Waals surface area contributed by atoms with Crippen molar-refractivity contribution >= 4 is 11.6 Å². The fourth-order valence-corrected chi connectivity index (χ4v) is 1.67. The maximum atomic E-state index is 5.66. The molecular weight excluding hydrogens is 194 g/mol. The normalized spacial score (nSPS) is 12.4. The average Bonchev–Trinajstić information content (AvgIpc) is 2.03. The molecule has 0 fully saturated rings. The summed E-state index contributed by atoms with van der Waals surface area (Å²) in [6.07, 6.45) is 3.67. The summed E-state index contributed by atoms with van der Waals surface area (Å²) in [5.74, 6) is 1.55. The van der Waals surface area contributed by atoms with E-state index in [0.29, 0.717) is 5.41 Å². The molecular formula is C12H26ClN. The van der Waals surface area contributed by atoms with Crippen LogP contribution in [0.15, 0.2) is 0 Å². The van der Waals surface area contributed by atoms with E-state index in [1.54, 1.807) is 0 Å². The molecule has 0 saturated heterocycles. The van der Waals surface area contributed by atoms with Gasteiger partial charge in [-0.15, -0.1) is 11.6 Å². The lowest BCUT2D eigenvalue weighted by Gasteiger charge is -2.25. The minimum atomic E-state index is 0.418. The highest BCUT2D eigenvalue weighted by atomic mass is 35.5. The summed E-state index contributed by atoms with van der Waals surface area (Å²) in [7, 11) is 0. The van der Waals surface area contributed by atoms with E-state index in [2.05, 4.69) is 33.0 Å². The van der Waals surface area contributed by atoms with Gasteiger partial charge in [0.2, 0.25) is 0 Å². The van der Waals surface area contributed by atoms with Crippen LogP contribution in [0.5, 0.6) is 0 Å². The van der Waals surface area contributed by atoms with Crippen molar-refractivity contribution in [2.45, 2.75) is 47.0 Å². The maximum absolute atomic E-state index is 5.66. The van der Waals surface area contributed by atoms with Gasteiger partial charge in [0.25, 0.3) is 0 Å². The van der Waals surface area contributed by atoms with E-state index in [9.17, 15) is 0 Å². The molecule has 0 atom stereocenters. The summed E-state index contributed by atoms with van der Waals surface area (Å²) in [5.41, 5.74) is 0.418. The van der Waals surface area contributed by atoms with Crippen LogP contribution in [0.2, 0.25) is 0 Å². The lowest BCUT2D eigenvalue weighted by molar-refractivity contribution is 0.299. The standard InChI is InChI=1S/C12H26ClN/c1-11(2)9-14-10-12(3,4)7-5-6-8-13/h11,14H,5-10H2,1-4H3. The molecule has 0 aromatic heterocycles. The third-order valence-electron chi connectivity index (χ3n) is 2.39. The quantitative estimate of drug-likeness (QED) is 0.485. The highest BCUT2D eigenvalue weighted by molar-refractivity contribution is 6.17. The predicted octanol–water partition coefficient (Wildman–Crippen LogP) is 3.67. The second-order valence-electron chi connectivity index (χ2n) is 5.34. The van der Waals surface area contributed by atoms with Crippen molar-refractivity contribution in [2.75, 3.05) is 19.0 Å². The van der Waals surface area contributed by atoms with Gasteiger partial charge in [-0.3, -0.25) is 0 Å². The Morgan fingerprint density at radius 3 is 2.36 bits per heavy atom. The highest BCUT2D eigenvalue weighted by Gasteiger charge is 2.16. The summed E-state index contributed by atoms with van der Waals surface area (Å²) in [6.45, 7) is 11.4. The number of hydrogen-bond acceptors (Lipinski definition) is 1. The first-order chi connectivity index (χ1) is 6.48. The Bertz CT molecular complexity index is 132. The average molecular weight is 220 g/mol. The summed E-state index contributed by atoms with van der Waals surface area (Å²) < 4.78 is 0. The van der Waals surface area contributed by atoms with Crippen LogP contribution in [0.3, 0.4) is 0 Å². The zero-order valence-corrected chi connectivity index (χ0v) is 11.0. The van der Waals surface area contributed by atoms with Crippen LogP contribution in [-0.2, 0) is 0 Å². The van der Waals surface area contributed by atoms with Crippen LogP contribution in [0, 0.1) is 11.3 Å². The molecule has 0 aromatic rings. The van der Waals surface area contributed by atoms with Gasteiger partial charge in [0, 0.05) is 12.4 Å². The number of nitrogens with one attached hydrogen (secondary N) is 1. The lowest BCUT2D eigenvalue weighted by atomic mass is 9.87. The Morgan fingerprint density at radius 1 is 1.21 bits per heavy atom. The van der Waals surface area contributed by atoms with E-state index < -0.39 is 0 Å². The molecule has 0 aliphatic rings. The monoisotopic (exact) mass is 219 g/mol. The molecule has 1 nitrogen and oxygen atoms in total. The van der Waals surface area contributed by atoms with Gasteiger partial charge in [-0.05, 0) is 30.7 Å². The van der Waals surface area contributed by atoms with Crippen LogP contribution in [0.4, 0.5) is 0 Å². The van der Waals surface area contributed by atoms with Crippen molar-refractivity contribution < 1.29 is 0 Å². The Labute approximate surface area is 94.6 Å². The first-order valence-corrected chi connectivity index (χ1v) is 6.28. The lowest BCUT2D eigenvalue weighted by Crippen LogP contribution is -2.31. The zero-order valence-electron chi connectivity index (χ0n) is 10.2. The smallest absolute Gasteiger partial charge is 0.0223 e. The SMILES string of the molecule is CC(C)CNCC(C)(C)CCCCCl. The van der Waals surface area contributed by atoms with E-state index in [1.807, 2.05) is 0 Å². The van der Waals surface area contributed by atoms with Gasteiger partial charge in [-0.2, -0.15) is 0 Å². The molecule has 0 aliphatic heterocycles. The number of unbranched alkanes of at least 4 members (excludes halogenated alkanes) is 1. The summed E-state index contributed by atoms with van der Waals surface area (Å²) in [5, 5.41) is 3.52. The molecule has 0 spiro atoms. The molecule has 86 valence electrons. The molecule has 0 unspecified atom stereocenters. The Hall–Kier alpha value is 0.250. The van der Waals surface area contributed by atoms with Crippen molar-refractivity contribution in [2.24, 2.45) is 11.3 Å². The first kappa shape index (κ1) is 14.2. The van der Waals surface area contributed by atoms with Crippen molar-refractivity contribution in [1.82, 2.24) is 5.32 Å². The first-order valence-electron chi connectivity index (χ1n) is 5.74. The van der Waals surface area contributed by atoms with Crippen molar-refractivity contribution in [3.63, 3.8) is 0 Å². The van der Waals surface area contributed by atoms with Crippen molar-refractivity contribution in [3.8, 4) is 0 Å². The Kier molecular flexibility index (Phi) is 7.66. The molecule has 0 radical (unpaired) electrons. The molecule has 0 rings (SSSR count). The van der Waals surface area contributed by atoms with E-state index in [1.165, 1.54) is 12.8 Å². The molecule has 1 N–H and O–H groups in total. The molecule has 14 heavy (non-hydrogen) atoms. The minimum absolute atomic E-state index is 0.418. The fourth-order valence-electron chi connectivity index (χ4n) is 1.49. The van der Waals surface area contributed by atoms with Crippen LogP contribution in [-0.4, -0.2) is 19.0 Å². The minimum Gasteiger partial charge on any atom is -0.316 e. The van der Waals surface area contributed by atoms with E-state index in [4.69, 9.17) is 11.6 Å². The third kappa shape index (κ3) is 8.83. The van der Waals surface area contributed by atoms with E-state index in [-0.39, 0.29) is 0 Å². The number of hydrogen-bond donors (Lipinski definition) is 1. The van der Waals surface area contributed by atoms with E-state index in [0.717, 1.165) is 31.3 Å². The molecule has 0 saturated carbocycles. The molecule has 0 aliphatic carbocycles. The topological polar surface area (TPSA) is 12.0 Å². The van der Waals surface area contributed by atoms with Gasteiger partial charge in [0.15, 0.2) is 0 Å². The fraction of sp³-hybridized carbons (Fsp3) is 1.00. The number of halogens is 1. The van der Waals surface area contributed by atoms with Gasteiger partial charge < -0.3 is 5.32 Å². The van der Waals surface area contributed by atoms with Gasteiger partial charge in [0.05, 0.1) is 0 Å². The molecule has 0 aromatic carbocycles. The predicted molar refractivity (Wildman–Crippen MR) is 66.1 cm³/mol. The second-order valence-corrected chi connectivity index (χ2v) is 5.71. The van der Waals surface area contributed by atoms with Crippen LogP contribution in [0.1, 0.15) is 47.0 Å². The van der Waals surface area contributed by atoms with Gasteiger partial charge >= 0.3 is 0 Å². The summed E-state index contributed by atoms with van der Waals surface area (Å²) in [6, 6.07) is 0. The van der Waals surface area contributed by atoms with E-state index >= 15 is 0 Å². The molecule has 2 heteroatoms. The number of rotatable bonds is 8. The van der Waals surface area contributed by atoms with Crippen molar-refractivity contribution in [1.29, 1.82) is 0 Å². The summed E-state index contributed by atoms with van der Waals surface area (Å²) in [4.78, 5) is 0.